The molecular formula is C14H19N3O3. The van der Waals surface area contributed by atoms with Crippen LogP contribution in [-0.2, 0) is 0 Å². The molecular weight excluding hydrogens is 258 g/mol. The first kappa shape index (κ1) is 14.5. The predicted octanol–water partition coefficient (Wildman–Crippen LogP) is 1.81. The summed E-state index contributed by atoms with van der Waals surface area (Å²) >= 11 is 0. The molecule has 2 N–H and O–H groups in total. The van der Waals surface area contributed by atoms with E-state index in [0.717, 1.165) is 5.39 Å². The minimum atomic E-state index is -0.861. The second kappa shape index (κ2) is 5.58. The average Bonchev–Trinajstić information content (AvgIpc) is 2.85. The first-order valence-corrected chi connectivity index (χ1v) is 6.71. The number of nitrogens with zero attached hydrogens (tertiary/aromatic N) is 2. The molecule has 0 fully saturated rings. The highest BCUT2D eigenvalue weighted by molar-refractivity contribution is 5.96. The van der Waals surface area contributed by atoms with Crippen LogP contribution in [0.5, 0.6) is 0 Å². The molecule has 2 rings (SSSR count). The Morgan fingerprint density at radius 1 is 1.45 bits per heavy atom. The van der Waals surface area contributed by atoms with Gasteiger partial charge in [0.05, 0.1) is 22.2 Å². The normalized spacial score (nSPS) is 11.8. The zero-order chi connectivity index (χ0) is 14.8. The van der Waals surface area contributed by atoms with Crippen molar-refractivity contribution < 1.29 is 14.4 Å². The van der Waals surface area contributed by atoms with Crippen LogP contribution in [0.4, 0.5) is 0 Å². The first-order valence-electron chi connectivity index (χ1n) is 6.71. The number of pyridine rings is 1. The van der Waals surface area contributed by atoms with Crippen LogP contribution in [0.15, 0.2) is 16.8 Å². The molecule has 0 aromatic carbocycles. The number of amides is 1. The van der Waals surface area contributed by atoms with E-state index in [1.807, 2.05) is 13.8 Å². The van der Waals surface area contributed by atoms with Crippen molar-refractivity contribution in [3.63, 3.8) is 0 Å². The number of rotatable bonds is 5. The van der Waals surface area contributed by atoms with E-state index in [2.05, 4.69) is 15.5 Å². The molecule has 6 heteroatoms. The molecule has 0 unspecified atom stereocenters. The van der Waals surface area contributed by atoms with E-state index in [9.17, 15) is 9.90 Å². The summed E-state index contributed by atoms with van der Waals surface area (Å²) in [6.07, 6.45) is 2.62. The Bertz CT molecular complexity index is 617. The van der Waals surface area contributed by atoms with Crippen molar-refractivity contribution in [2.75, 3.05) is 6.54 Å². The number of carbonyl (C=O) groups is 1. The van der Waals surface area contributed by atoms with E-state index in [0.29, 0.717) is 29.8 Å². The molecule has 2 aromatic rings. The van der Waals surface area contributed by atoms with Crippen molar-refractivity contribution in [3.05, 3.63) is 23.5 Å². The fraction of sp³-hybridized carbons (Fsp3) is 0.500. The van der Waals surface area contributed by atoms with Crippen LogP contribution in [0.3, 0.4) is 0 Å². The number of hydrogen-bond acceptors (Lipinski definition) is 5. The summed E-state index contributed by atoms with van der Waals surface area (Å²) in [5.41, 5.74) is 0.678. The van der Waals surface area contributed by atoms with E-state index < -0.39 is 5.60 Å². The van der Waals surface area contributed by atoms with Gasteiger partial charge < -0.3 is 14.9 Å². The Morgan fingerprint density at radius 2 is 2.15 bits per heavy atom. The Balaban J connectivity index is 2.13. The van der Waals surface area contributed by atoms with Gasteiger partial charge in [0.2, 0.25) is 0 Å². The Labute approximate surface area is 117 Å². The summed E-state index contributed by atoms with van der Waals surface area (Å²) in [6, 6.07) is 1.69. The molecule has 0 saturated heterocycles. The number of nitrogens with one attached hydrogen (secondary N) is 1. The van der Waals surface area contributed by atoms with Gasteiger partial charge in [-0.05, 0) is 25.8 Å². The number of hydrogen-bond donors (Lipinski definition) is 2. The molecule has 0 saturated carbocycles. The van der Waals surface area contributed by atoms with Gasteiger partial charge in [-0.2, -0.15) is 0 Å². The number of aromatic nitrogens is 2. The highest BCUT2D eigenvalue weighted by Gasteiger charge is 2.23. The Kier molecular flexibility index (Phi) is 4.04. The lowest BCUT2D eigenvalue weighted by Gasteiger charge is -2.25. The van der Waals surface area contributed by atoms with Gasteiger partial charge in [0, 0.05) is 12.7 Å². The minimum Gasteiger partial charge on any atom is -0.388 e. The monoisotopic (exact) mass is 277 g/mol. The van der Waals surface area contributed by atoms with Crippen molar-refractivity contribution in [2.24, 2.45) is 0 Å². The second-order valence-electron chi connectivity index (χ2n) is 4.96. The van der Waals surface area contributed by atoms with E-state index in [4.69, 9.17) is 4.52 Å². The third kappa shape index (κ3) is 2.80. The van der Waals surface area contributed by atoms with Crippen molar-refractivity contribution in [2.45, 2.75) is 39.2 Å². The van der Waals surface area contributed by atoms with Crippen molar-refractivity contribution >= 4 is 17.0 Å². The van der Waals surface area contributed by atoms with Crippen LogP contribution < -0.4 is 5.32 Å². The van der Waals surface area contributed by atoms with Crippen LogP contribution in [0, 0.1) is 6.92 Å². The third-order valence-corrected chi connectivity index (χ3v) is 3.67. The molecule has 0 aliphatic carbocycles. The molecule has 6 nitrogen and oxygen atoms in total. The second-order valence-corrected chi connectivity index (χ2v) is 4.96. The quantitative estimate of drug-likeness (QED) is 0.870. The number of fused-ring (bicyclic) bond motifs is 1. The maximum Gasteiger partial charge on any atom is 0.257 e. The van der Waals surface area contributed by atoms with Crippen molar-refractivity contribution in [1.29, 1.82) is 0 Å². The summed E-state index contributed by atoms with van der Waals surface area (Å²) in [5.74, 6) is -0.264. The maximum atomic E-state index is 12.1. The molecule has 0 aliphatic rings. The summed E-state index contributed by atoms with van der Waals surface area (Å²) in [6.45, 7) is 5.80. The molecule has 0 aliphatic heterocycles. The molecule has 0 atom stereocenters. The molecule has 2 aromatic heterocycles. The van der Waals surface area contributed by atoms with Gasteiger partial charge in [-0.1, -0.05) is 19.0 Å². The highest BCUT2D eigenvalue weighted by Crippen LogP contribution is 2.17. The van der Waals surface area contributed by atoms with Gasteiger partial charge >= 0.3 is 0 Å². The zero-order valence-electron chi connectivity index (χ0n) is 11.9. The molecule has 2 heterocycles. The predicted molar refractivity (Wildman–Crippen MR) is 74.4 cm³/mol. The molecule has 0 bridgehead atoms. The van der Waals surface area contributed by atoms with Crippen LogP contribution in [-0.4, -0.2) is 33.3 Å². The largest absolute Gasteiger partial charge is 0.388 e. The highest BCUT2D eigenvalue weighted by atomic mass is 16.5. The number of aliphatic hydroxyl groups is 1. The van der Waals surface area contributed by atoms with Gasteiger partial charge in [-0.3, -0.25) is 4.79 Å². The third-order valence-electron chi connectivity index (χ3n) is 3.67. The fourth-order valence-electron chi connectivity index (χ4n) is 1.92. The van der Waals surface area contributed by atoms with Crippen molar-refractivity contribution in [3.8, 4) is 0 Å². The summed E-state index contributed by atoms with van der Waals surface area (Å²) in [7, 11) is 0. The smallest absolute Gasteiger partial charge is 0.257 e. The molecule has 0 radical (unpaired) electrons. The first-order chi connectivity index (χ1) is 9.49. The average molecular weight is 277 g/mol. The molecule has 1 amide bonds. The number of aryl methyl sites for hydroxylation is 1. The van der Waals surface area contributed by atoms with Gasteiger partial charge in [-0.25, -0.2) is 4.98 Å². The lowest BCUT2D eigenvalue weighted by Crippen LogP contribution is -2.42. The van der Waals surface area contributed by atoms with Crippen LogP contribution >= 0.6 is 0 Å². The van der Waals surface area contributed by atoms with Gasteiger partial charge in [0.15, 0.2) is 0 Å². The van der Waals surface area contributed by atoms with Crippen molar-refractivity contribution in [1.82, 2.24) is 15.5 Å². The fourth-order valence-corrected chi connectivity index (χ4v) is 1.92. The summed E-state index contributed by atoms with van der Waals surface area (Å²) < 4.78 is 5.00. The summed E-state index contributed by atoms with van der Waals surface area (Å²) in [4.78, 5) is 16.1. The van der Waals surface area contributed by atoms with Crippen LogP contribution in [0.25, 0.3) is 11.1 Å². The van der Waals surface area contributed by atoms with E-state index in [1.54, 1.807) is 13.0 Å². The Morgan fingerprint density at radius 3 is 2.80 bits per heavy atom. The van der Waals surface area contributed by atoms with E-state index in [-0.39, 0.29) is 12.5 Å². The van der Waals surface area contributed by atoms with Gasteiger partial charge in [0.1, 0.15) is 0 Å². The topological polar surface area (TPSA) is 88.2 Å². The SMILES string of the molecule is CCC(O)(CC)CNC(=O)c1cnc2onc(C)c2c1. The van der Waals surface area contributed by atoms with E-state index >= 15 is 0 Å². The molecule has 0 spiro atoms. The summed E-state index contributed by atoms with van der Waals surface area (Å²) in [5, 5.41) is 17.4. The number of carbonyl (C=O) groups excluding carboxylic acids is 1. The zero-order valence-corrected chi connectivity index (χ0v) is 11.9. The standard InChI is InChI=1S/C14H19N3O3/c1-4-14(19,5-2)8-16-12(18)10-6-11-9(3)17-20-13(11)15-7-10/h6-7,19H,4-5,8H2,1-3H3,(H,16,18). The molecule has 108 valence electrons. The van der Waals surface area contributed by atoms with Gasteiger partial charge in [0.25, 0.3) is 11.6 Å². The van der Waals surface area contributed by atoms with Gasteiger partial charge in [-0.15, -0.1) is 0 Å². The van der Waals surface area contributed by atoms with E-state index in [1.165, 1.54) is 6.20 Å². The van der Waals surface area contributed by atoms with Crippen LogP contribution in [0.1, 0.15) is 42.7 Å². The Hall–Kier alpha value is -1.95. The lowest BCUT2D eigenvalue weighted by molar-refractivity contribution is 0.0314. The minimum absolute atomic E-state index is 0.222. The maximum absolute atomic E-state index is 12.1. The molecule has 20 heavy (non-hydrogen) atoms. The van der Waals surface area contributed by atoms with Crippen LogP contribution in [0.2, 0.25) is 0 Å². The lowest BCUT2D eigenvalue weighted by atomic mass is 9.97.